The average molecular weight is 369 g/mol. The molecule has 0 saturated heterocycles. The van der Waals surface area contributed by atoms with E-state index < -0.39 is 18.0 Å². The normalized spacial score (nSPS) is 11.8. The van der Waals surface area contributed by atoms with Crippen LogP contribution in [0, 0.1) is 6.92 Å². The van der Waals surface area contributed by atoms with Crippen LogP contribution in [0.4, 0.5) is 5.69 Å². The molecular formula is C20H17ClN2O3. The topological polar surface area (TPSA) is 68.3 Å². The van der Waals surface area contributed by atoms with Gasteiger partial charge in [-0.05, 0) is 50.2 Å². The summed E-state index contributed by atoms with van der Waals surface area (Å²) in [6, 6.07) is 15.9. The summed E-state index contributed by atoms with van der Waals surface area (Å²) in [4.78, 5) is 29.1. The molecule has 3 aromatic rings. The van der Waals surface area contributed by atoms with Crippen molar-refractivity contribution in [3.63, 3.8) is 0 Å². The van der Waals surface area contributed by atoms with E-state index in [-0.39, 0.29) is 0 Å². The van der Waals surface area contributed by atoms with E-state index in [2.05, 4.69) is 10.3 Å². The van der Waals surface area contributed by atoms with E-state index in [1.165, 1.54) is 6.92 Å². The number of benzene rings is 2. The molecule has 1 N–H and O–H groups in total. The molecule has 0 saturated carbocycles. The minimum absolute atomic E-state index is 0.305. The van der Waals surface area contributed by atoms with Crippen molar-refractivity contribution in [2.24, 2.45) is 0 Å². The minimum Gasteiger partial charge on any atom is -0.449 e. The lowest BCUT2D eigenvalue weighted by molar-refractivity contribution is -0.123. The van der Waals surface area contributed by atoms with Crippen LogP contribution in [-0.2, 0) is 9.53 Å². The van der Waals surface area contributed by atoms with E-state index in [4.69, 9.17) is 16.3 Å². The van der Waals surface area contributed by atoms with Crippen molar-refractivity contribution in [1.29, 1.82) is 0 Å². The summed E-state index contributed by atoms with van der Waals surface area (Å²) in [6.07, 6.45) is -0.947. The number of esters is 1. The Morgan fingerprint density at radius 3 is 2.58 bits per heavy atom. The maximum Gasteiger partial charge on any atom is 0.340 e. The Morgan fingerprint density at radius 2 is 1.85 bits per heavy atom. The quantitative estimate of drug-likeness (QED) is 0.694. The van der Waals surface area contributed by atoms with Crippen LogP contribution in [0.15, 0.2) is 54.6 Å². The zero-order valence-corrected chi connectivity index (χ0v) is 15.1. The molecule has 1 amide bonds. The van der Waals surface area contributed by atoms with Crippen molar-refractivity contribution >= 4 is 40.1 Å². The molecule has 1 unspecified atom stereocenters. The number of nitrogens with one attached hydrogen (secondary N) is 1. The van der Waals surface area contributed by atoms with E-state index in [1.54, 1.807) is 43.3 Å². The van der Waals surface area contributed by atoms with Gasteiger partial charge in [-0.2, -0.15) is 0 Å². The summed E-state index contributed by atoms with van der Waals surface area (Å²) in [5, 5.41) is 3.99. The first-order valence-electron chi connectivity index (χ1n) is 8.08. The average Bonchev–Trinajstić information content (AvgIpc) is 2.62. The molecule has 0 aliphatic carbocycles. The first-order chi connectivity index (χ1) is 12.4. The molecule has 0 fully saturated rings. The zero-order chi connectivity index (χ0) is 18.7. The summed E-state index contributed by atoms with van der Waals surface area (Å²) in [6.45, 7) is 3.25. The Bertz CT molecular complexity index is 973. The van der Waals surface area contributed by atoms with Gasteiger partial charge >= 0.3 is 5.97 Å². The fourth-order valence-corrected chi connectivity index (χ4v) is 2.67. The van der Waals surface area contributed by atoms with E-state index >= 15 is 0 Å². The Labute approximate surface area is 156 Å². The van der Waals surface area contributed by atoms with Crippen molar-refractivity contribution < 1.29 is 14.3 Å². The molecule has 0 spiro atoms. The first-order valence-corrected chi connectivity index (χ1v) is 8.45. The Morgan fingerprint density at radius 1 is 1.12 bits per heavy atom. The van der Waals surface area contributed by atoms with E-state index in [0.29, 0.717) is 22.0 Å². The molecule has 0 aliphatic heterocycles. The number of carbonyl (C=O) groups excluding carboxylic acids is 2. The number of nitrogens with zero attached hydrogens (tertiary/aromatic N) is 1. The van der Waals surface area contributed by atoms with Crippen molar-refractivity contribution in [3.05, 3.63) is 70.9 Å². The van der Waals surface area contributed by atoms with Gasteiger partial charge in [0.1, 0.15) is 0 Å². The molecule has 2 aromatic carbocycles. The number of anilines is 1. The molecular weight excluding hydrogens is 352 g/mol. The highest BCUT2D eigenvalue weighted by atomic mass is 35.5. The molecule has 0 radical (unpaired) electrons. The molecule has 3 rings (SSSR count). The van der Waals surface area contributed by atoms with Crippen LogP contribution < -0.4 is 5.32 Å². The molecule has 132 valence electrons. The van der Waals surface area contributed by atoms with Crippen LogP contribution in [0.1, 0.15) is 23.0 Å². The second-order valence-electron chi connectivity index (χ2n) is 5.86. The van der Waals surface area contributed by atoms with Crippen molar-refractivity contribution in [2.45, 2.75) is 20.0 Å². The SMILES string of the molecule is Cc1nc2ccc(Cl)cc2cc1C(=O)OC(C)C(=O)Nc1ccccc1. The van der Waals surface area contributed by atoms with Gasteiger partial charge in [0.05, 0.1) is 16.8 Å². The van der Waals surface area contributed by atoms with E-state index in [1.807, 2.05) is 18.2 Å². The molecule has 1 heterocycles. The number of rotatable bonds is 4. The lowest BCUT2D eigenvalue weighted by atomic mass is 10.1. The monoisotopic (exact) mass is 368 g/mol. The van der Waals surface area contributed by atoms with Gasteiger partial charge in [0.2, 0.25) is 0 Å². The number of hydrogen-bond donors (Lipinski definition) is 1. The molecule has 1 atom stereocenters. The number of fused-ring (bicyclic) bond motifs is 1. The largest absolute Gasteiger partial charge is 0.449 e. The second kappa shape index (κ2) is 7.54. The van der Waals surface area contributed by atoms with Gasteiger partial charge in [-0.1, -0.05) is 29.8 Å². The lowest BCUT2D eigenvalue weighted by Crippen LogP contribution is -2.30. The molecule has 5 nitrogen and oxygen atoms in total. The van der Waals surface area contributed by atoms with Gasteiger partial charge in [-0.15, -0.1) is 0 Å². The fourth-order valence-electron chi connectivity index (χ4n) is 2.49. The molecule has 6 heteroatoms. The number of hydrogen-bond acceptors (Lipinski definition) is 4. The van der Waals surface area contributed by atoms with Gasteiger partial charge in [0.15, 0.2) is 6.10 Å². The van der Waals surface area contributed by atoms with Crippen LogP contribution in [0.3, 0.4) is 0 Å². The van der Waals surface area contributed by atoms with Crippen LogP contribution in [0.25, 0.3) is 10.9 Å². The summed E-state index contributed by atoms with van der Waals surface area (Å²) < 4.78 is 5.31. The molecule has 1 aromatic heterocycles. The second-order valence-corrected chi connectivity index (χ2v) is 6.30. The first kappa shape index (κ1) is 17.9. The molecule has 0 bridgehead atoms. The number of aromatic nitrogens is 1. The van der Waals surface area contributed by atoms with Gasteiger partial charge < -0.3 is 10.1 Å². The van der Waals surface area contributed by atoms with Gasteiger partial charge in [0, 0.05) is 16.1 Å². The third-order valence-corrected chi connectivity index (χ3v) is 4.12. The number of carbonyl (C=O) groups is 2. The predicted molar refractivity (Wildman–Crippen MR) is 101 cm³/mol. The number of ether oxygens (including phenoxy) is 1. The fraction of sp³-hybridized carbons (Fsp3) is 0.150. The highest BCUT2D eigenvalue weighted by molar-refractivity contribution is 6.31. The van der Waals surface area contributed by atoms with E-state index in [9.17, 15) is 9.59 Å². The Kier molecular flexibility index (Phi) is 5.19. The molecule has 0 aliphatic rings. The van der Waals surface area contributed by atoms with Crippen LogP contribution in [-0.4, -0.2) is 23.0 Å². The summed E-state index contributed by atoms with van der Waals surface area (Å²) in [5.74, 6) is -1.01. The summed E-state index contributed by atoms with van der Waals surface area (Å²) in [7, 11) is 0. The van der Waals surface area contributed by atoms with Crippen LogP contribution >= 0.6 is 11.6 Å². The summed E-state index contributed by atoms with van der Waals surface area (Å²) >= 11 is 6.00. The number of aryl methyl sites for hydroxylation is 1. The van der Waals surface area contributed by atoms with Gasteiger partial charge in [-0.25, -0.2) is 4.79 Å². The van der Waals surface area contributed by atoms with Crippen LogP contribution in [0.5, 0.6) is 0 Å². The maximum absolute atomic E-state index is 12.5. The summed E-state index contributed by atoms with van der Waals surface area (Å²) in [5.41, 5.74) is 2.21. The Hall–Kier alpha value is -2.92. The third-order valence-electron chi connectivity index (χ3n) is 3.88. The zero-order valence-electron chi connectivity index (χ0n) is 14.3. The standard InChI is InChI=1S/C20H17ClN2O3/c1-12-17(11-14-10-15(21)8-9-18(14)22-12)20(25)26-13(2)19(24)23-16-6-4-3-5-7-16/h3-11,13H,1-2H3,(H,23,24). The third kappa shape index (κ3) is 4.00. The van der Waals surface area contributed by atoms with Crippen molar-refractivity contribution in [3.8, 4) is 0 Å². The number of para-hydroxylation sites is 1. The number of pyridine rings is 1. The number of amides is 1. The van der Waals surface area contributed by atoms with Crippen molar-refractivity contribution in [2.75, 3.05) is 5.32 Å². The number of halogens is 1. The van der Waals surface area contributed by atoms with Gasteiger partial charge in [-0.3, -0.25) is 9.78 Å². The van der Waals surface area contributed by atoms with E-state index in [0.717, 1.165) is 10.9 Å². The highest BCUT2D eigenvalue weighted by Gasteiger charge is 2.21. The Balaban J connectivity index is 1.75. The van der Waals surface area contributed by atoms with Gasteiger partial charge in [0.25, 0.3) is 5.91 Å². The predicted octanol–water partition coefficient (Wildman–Crippen LogP) is 4.38. The lowest BCUT2D eigenvalue weighted by Gasteiger charge is -2.14. The van der Waals surface area contributed by atoms with Crippen LogP contribution in [0.2, 0.25) is 5.02 Å². The maximum atomic E-state index is 12.5. The van der Waals surface area contributed by atoms with Crippen molar-refractivity contribution in [1.82, 2.24) is 4.98 Å². The molecule has 26 heavy (non-hydrogen) atoms. The minimum atomic E-state index is -0.947. The smallest absolute Gasteiger partial charge is 0.340 e. The highest BCUT2D eigenvalue weighted by Crippen LogP contribution is 2.21.